The third-order valence-corrected chi connectivity index (χ3v) is 2.63. The van der Waals surface area contributed by atoms with Gasteiger partial charge in [-0.1, -0.05) is 23.7 Å². The van der Waals surface area contributed by atoms with E-state index in [0.29, 0.717) is 0 Å². The van der Waals surface area contributed by atoms with E-state index in [1.54, 1.807) is 23.5 Å². The molecule has 0 aliphatic heterocycles. The lowest BCUT2D eigenvalue weighted by molar-refractivity contribution is -0.173. The molecule has 0 bridgehead atoms. The molecule has 2 N–H and O–H groups in total. The van der Waals surface area contributed by atoms with Crippen LogP contribution in [0, 0.1) is 0 Å². The predicted molar refractivity (Wildman–Crippen MR) is 67.5 cm³/mol. The minimum atomic E-state index is -4.89. The topological polar surface area (TPSA) is 58.2 Å². The van der Waals surface area contributed by atoms with Gasteiger partial charge in [0, 0.05) is 13.1 Å². The van der Waals surface area contributed by atoms with Gasteiger partial charge in [0.1, 0.15) is 0 Å². The number of hydrogen-bond donors (Lipinski definition) is 2. The molecule has 0 atom stereocenters. The molecule has 0 spiro atoms. The molecule has 1 rings (SSSR count). The van der Waals surface area contributed by atoms with E-state index < -0.39 is 18.0 Å². The average Bonchev–Trinajstić information content (AvgIpc) is 2.37. The molecule has 0 aromatic heterocycles. The number of halogens is 4. The van der Waals surface area contributed by atoms with E-state index in [0.717, 1.165) is 0 Å². The summed E-state index contributed by atoms with van der Waals surface area (Å²) in [6, 6.07) is 6.40. The van der Waals surface area contributed by atoms with E-state index in [4.69, 9.17) is 11.6 Å². The van der Waals surface area contributed by atoms with Crippen molar-refractivity contribution in [3.05, 3.63) is 34.9 Å². The molecule has 0 saturated heterocycles. The molecule has 0 heterocycles. The Morgan fingerprint density at radius 3 is 2.30 bits per heavy atom. The Morgan fingerprint density at radius 1 is 1.10 bits per heavy atom. The van der Waals surface area contributed by atoms with Crippen molar-refractivity contribution >= 4 is 23.4 Å². The summed E-state index contributed by atoms with van der Waals surface area (Å²) < 4.78 is 35.6. The second-order valence-corrected chi connectivity index (χ2v) is 4.25. The van der Waals surface area contributed by atoms with Crippen LogP contribution in [0.5, 0.6) is 0 Å². The second kappa shape index (κ2) is 7.14. The lowest BCUT2D eigenvalue weighted by atomic mass is 10.2. The van der Waals surface area contributed by atoms with Crippen LogP contribution < -0.4 is 10.6 Å². The van der Waals surface area contributed by atoms with Crippen LogP contribution in [-0.4, -0.2) is 31.1 Å². The SMILES string of the molecule is O=C(NCCCNC(=O)C(F)(F)F)c1ccccc1Cl. The fourth-order valence-electron chi connectivity index (χ4n) is 1.33. The van der Waals surface area contributed by atoms with Gasteiger partial charge in [0.25, 0.3) is 5.91 Å². The maximum absolute atomic E-state index is 11.9. The van der Waals surface area contributed by atoms with Crippen LogP contribution >= 0.6 is 11.6 Å². The molecule has 0 radical (unpaired) electrons. The highest BCUT2D eigenvalue weighted by Crippen LogP contribution is 2.14. The molecule has 110 valence electrons. The van der Waals surface area contributed by atoms with E-state index in [1.165, 1.54) is 6.07 Å². The quantitative estimate of drug-likeness (QED) is 0.819. The van der Waals surface area contributed by atoms with Gasteiger partial charge in [-0.3, -0.25) is 9.59 Å². The van der Waals surface area contributed by atoms with Crippen molar-refractivity contribution in [1.82, 2.24) is 10.6 Å². The first-order chi connectivity index (χ1) is 9.32. The summed E-state index contributed by atoms with van der Waals surface area (Å²) in [4.78, 5) is 22.1. The minimum Gasteiger partial charge on any atom is -0.352 e. The van der Waals surface area contributed by atoms with Gasteiger partial charge < -0.3 is 10.6 Å². The highest BCUT2D eigenvalue weighted by atomic mass is 35.5. The van der Waals surface area contributed by atoms with Gasteiger partial charge >= 0.3 is 12.1 Å². The maximum Gasteiger partial charge on any atom is 0.471 e. The minimum absolute atomic E-state index is 0.127. The zero-order chi connectivity index (χ0) is 15.2. The Labute approximate surface area is 118 Å². The average molecular weight is 309 g/mol. The van der Waals surface area contributed by atoms with Crippen molar-refractivity contribution in [2.45, 2.75) is 12.6 Å². The Hall–Kier alpha value is -1.76. The fourth-order valence-corrected chi connectivity index (χ4v) is 1.55. The first kappa shape index (κ1) is 16.3. The zero-order valence-corrected chi connectivity index (χ0v) is 11.0. The molecule has 2 amide bonds. The van der Waals surface area contributed by atoms with E-state index in [2.05, 4.69) is 5.32 Å². The van der Waals surface area contributed by atoms with Crippen molar-refractivity contribution in [1.29, 1.82) is 0 Å². The van der Waals surface area contributed by atoms with Crippen molar-refractivity contribution in [3.8, 4) is 0 Å². The summed E-state index contributed by atoms with van der Waals surface area (Å²) in [6.07, 6.45) is -4.71. The van der Waals surface area contributed by atoms with E-state index in [1.807, 2.05) is 0 Å². The molecule has 0 aliphatic carbocycles. The first-order valence-corrected chi connectivity index (χ1v) is 6.08. The molecule has 8 heteroatoms. The van der Waals surface area contributed by atoms with Crippen LogP contribution in [0.3, 0.4) is 0 Å². The molecule has 0 saturated carbocycles. The lowest BCUT2D eigenvalue weighted by Gasteiger charge is -2.09. The second-order valence-electron chi connectivity index (χ2n) is 3.84. The number of rotatable bonds is 5. The van der Waals surface area contributed by atoms with Gasteiger partial charge in [-0.15, -0.1) is 0 Å². The van der Waals surface area contributed by atoms with Crippen LogP contribution in [0.1, 0.15) is 16.8 Å². The molecule has 4 nitrogen and oxygen atoms in total. The van der Waals surface area contributed by atoms with Crippen molar-refractivity contribution in [3.63, 3.8) is 0 Å². The molecular formula is C12H12ClF3N2O2. The van der Waals surface area contributed by atoms with Gasteiger partial charge in [0.2, 0.25) is 0 Å². The number of alkyl halides is 3. The van der Waals surface area contributed by atoms with Gasteiger partial charge in [-0.2, -0.15) is 13.2 Å². The van der Waals surface area contributed by atoms with Crippen molar-refractivity contribution < 1.29 is 22.8 Å². The number of benzene rings is 1. The van der Waals surface area contributed by atoms with Gasteiger partial charge in [-0.25, -0.2) is 0 Å². The van der Waals surface area contributed by atoms with Crippen LogP contribution in [0.25, 0.3) is 0 Å². The van der Waals surface area contributed by atoms with Crippen LogP contribution in [0.15, 0.2) is 24.3 Å². The number of carbonyl (C=O) groups excluding carboxylic acids is 2. The summed E-state index contributed by atoms with van der Waals surface area (Å²) >= 11 is 5.81. The largest absolute Gasteiger partial charge is 0.471 e. The highest BCUT2D eigenvalue weighted by Gasteiger charge is 2.38. The summed E-state index contributed by atoms with van der Waals surface area (Å²) in [7, 11) is 0. The van der Waals surface area contributed by atoms with Gasteiger partial charge in [0.05, 0.1) is 10.6 Å². The Morgan fingerprint density at radius 2 is 1.70 bits per heavy atom. The van der Waals surface area contributed by atoms with Crippen LogP contribution in [0.2, 0.25) is 5.02 Å². The third-order valence-electron chi connectivity index (χ3n) is 2.30. The first-order valence-electron chi connectivity index (χ1n) is 5.70. The monoisotopic (exact) mass is 308 g/mol. The Kier molecular flexibility index (Phi) is 5.82. The third kappa shape index (κ3) is 5.08. The van der Waals surface area contributed by atoms with Gasteiger partial charge in [-0.05, 0) is 18.6 Å². The summed E-state index contributed by atoms with van der Waals surface area (Å²) in [6.45, 7) is -0.0522. The number of hydrogen-bond acceptors (Lipinski definition) is 2. The fraction of sp³-hybridized carbons (Fsp3) is 0.333. The Balaban J connectivity index is 2.27. The highest BCUT2D eigenvalue weighted by molar-refractivity contribution is 6.33. The number of carbonyl (C=O) groups is 2. The molecule has 20 heavy (non-hydrogen) atoms. The van der Waals surface area contributed by atoms with Gasteiger partial charge in [0.15, 0.2) is 0 Å². The van der Waals surface area contributed by atoms with E-state index in [9.17, 15) is 22.8 Å². The van der Waals surface area contributed by atoms with E-state index >= 15 is 0 Å². The summed E-state index contributed by atoms with van der Waals surface area (Å²) in [5.74, 6) is -2.41. The zero-order valence-electron chi connectivity index (χ0n) is 10.3. The lowest BCUT2D eigenvalue weighted by Crippen LogP contribution is -2.38. The summed E-state index contributed by atoms with van der Waals surface area (Å²) in [5, 5.41) is 4.49. The maximum atomic E-state index is 11.9. The molecule has 1 aromatic rings. The normalized spacial score (nSPS) is 11.0. The predicted octanol–water partition coefficient (Wildman–Crippen LogP) is 2.14. The molecule has 0 unspecified atom stereocenters. The van der Waals surface area contributed by atoms with Crippen LogP contribution in [-0.2, 0) is 4.79 Å². The number of nitrogens with one attached hydrogen (secondary N) is 2. The molecular weight excluding hydrogens is 297 g/mol. The molecule has 1 aromatic carbocycles. The van der Waals surface area contributed by atoms with Crippen LogP contribution in [0.4, 0.5) is 13.2 Å². The van der Waals surface area contributed by atoms with E-state index in [-0.39, 0.29) is 30.1 Å². The van der Waals surface area contributed by atoms with Crippen molar-refractivity contribution in [2.24, 2.45) is 0 Å². The summed E-state index contributed by atoms with van der Waals surface area (Å²) in [5.41, 5.74) is 0.286. The van der Waals surface area contributed by atoms with Crippen molar-refractivity contribution in [2.75, 3.05) is 13.1 Å². The molecule has 0 fully saturated rings. The number of amides is 2. The Bertz CT molecular complexity index is 492. The smallest absolute Gasteiger partial charge is 0.352 e. The standard InChI is InChI=1S/C12H12ClF3N2O2/c13-9-5-2-1-4-8(9)10(19)17-6-3-7-18-11(20)12(14,15)16/h1-2,4-5H,3,6-7H2,(H,17,19)(H,18,20). The molecule has 0 aliphatic rings.